The molecule has 0 radical (unpaired) electrons. The number of nitrogens with zero attached hydrogens (tertiary/aromatic N) is 2. The molecule has 1 aliphatic heterocycles. The third kappa shape index (κ3) is 1.99. The van der Waals surface area contributed by atoms with Crippen LogP contribution < -0.4 is 0 Å². The van der Waals surface area contributed by atoms with Crippen LogP contribution in [0.15, 0.2) is 0 Å². The number of hydrogen-bond acceptors (Lipinski definition) is 1. The van der Waals surface area contributed by atoms with E-state index in [1.54, 1.807) is 0 Å². The Morgan fingerprint density at radius 1 is 1.53 bits per heavy atom. The van der Waals surface area contributed by atoms with Gasteiger partial charge in [-0.2, -0.15) is 0 Å². The highest BCUT2D eigenvalue weighted by atomic mass is 79.9. The van der Waals surface area contributed by atoms with Gasteiger partial charge in [0.2, 0.25) is 0 Å². The molecule has 0 aromatic carbocycles. The molecular weight excluding hydrogens is 252 g/mol. The van der Waals surface area contributed by atoms with E-state index in [-0.39, 0.29) is 0 Å². The van der Waals surface area contributed by atoms with Crippen LogP contribution in [-0.4, -0.2) is 9.55 Å². The van der Waals surface area contributed by atoms with E-state index in [2.05, 4.69) is 41.3 Å². The fourth-order valence-electron chi connectivity index (χ4n) is 2.36. The van der Waals surface area contributed by atoms with Crippen molar-refractivity contribution >= 4 is 15.9 Å². The summed E-state index contributed by atoms with van der Waals surface area (Å²) in [5.41, 5.74) is 2.72. The number of rotatable bonds is 2. The van der Waals surface area contributed by atoms with Crippen LogP contribution in [0, 0.1) is 5.92 Å². The molecular formula is C12H19BrN2. The maximum Gasteiger partial charge on any atom is 0.111 e. The van der Waals surface area contributed by atoms with Crippen molar-refractivity contribution in [1.82, 2.24) is 9.55 Å². The van der Waals surface area contributed by atoms with E-state index in [4.69, 9.17) is 4.98 Å². The Hall–Kier alpha value is -0.310. The molecule has 2 nitrogen and oxygen atoms in total. The second-order valence-corrected chi connectivity index (χ2v) is 5.46. The minimum absolute atomic E-state index is 0.532. The summed E-state index contributed by atoms with van der Waals surface area (Å²) in [7, 11) is 0. The topological polar surface area (TPSA) is 17.8 Å². The highest BCUT2D eigenvalue weighted by Gasteiger charge is 2.23. The van der Waals surface area contributed by atoms with Gasteiger partial charge >= 0.3 is 0 Å². The molecule has 0 aliphatic carbocycles. The smallest absolute Gasteiger partial charge is 0.111 e. The van der Waals surface area contributed by atoms with Gasteiger partial charge in [0.15, 0.2) is 0 Å². The first-order valence-electron chi connectivity index (χ1n) is 5.77. The van der Waals surface area contributed by atoms with Crippen LogP contribution in [0.5, 0.6) is 0 Å². The van der Waals surface area contributed by atoms with Gasteiger partial charge in [0.05, 0.1) is 5.69 Å². The summed E-state index contributed by atoms with van der Waals surface area (Å²) in [5, 5.41) is 0.891. The Morgan fingerprint density at radius 2 is 2.27 bits per heavy atom. The number of imidazole rings is 1. The quantitative estimate of drug-likeness (QED) is 0.753. The predicted octanol–water partition coefficient (Wildman–Crippen LogP) is 3.48. The third-order valence-electron chi connectivity index (χ3n) is 3.22. The van der Waals surface area contributed by atoms with Crippen molar-refractivity contribution in [2.45, 2.75) is 51.4 Å². The van der Waals surface area contributed by atoms with Crippen LogP contribution in [0.4, 0.5) is 0 Å². The van der Waals surface area contributed by atoms with Crippen LogP contribution in [0.2, 0.25) is 0 Å². The highest BCUT2D eigenvalue weighted by Crippen LogP contribution is 2.28. The molecule has 1 unspecified atom stereocenters. The molecule has 1 aromatic rings. The molecule has 2 heterocycles. The average molecular weight is 271 g/mol. The Kier molecular flexibility index (Phi) is 3.19. The Morgan fingerprint density at radius 3 is 2.87 bits per heavy atom. The molecule has 2 rings (SSSR count). The van der Waals surface area contributed by atoms with Gasteiger partial charge in [-0.05, 0) is 18.8 Å². The molecule has 15 heavy (non-hydrogen) atoms. The van der Waals surface area contributed by atoms with Gasteiger partial charge in [0.1, 0.15) is 5.82 Å². The van der Waals surface area contributed by atoms with Crippen molar-refractivity contribution in [2.75, 3.05) is 0 Å². The summed E-state index contributed by atoms with van der Waals surface area (Å²) < 4.78 is 2.45. The Labute approximate surface area is 100 Å². The van der Waals surface area contributed by atoms with E-state index in [9.17, 15) is 0 Å². The molecule has 1 aromatic heterocycles. The molecule has 0 bridgehead atoms. The lowest BCUT2D eigenvalue weighted by atomic mass is 9.97. The predicted molar refractivity (Wildman–Crippen MR) is 66.4 cm³/mol. The van der Waals surface area contributed by atoms with Gasteiger partial charge < -0.3 is 4.57 Å². The lowest BCUT2D eigenvalue weighted by Gasteiger charge is -2.23. The maximum absolute atomic E-state index is 4.76. The normalized spacial score (nSPS) is 20.7. The number of alkyl halides is 1. The maximum atomic E-state index is 4.76. The molecule has 84 valence electrons. The molecule has 1 aliphatic rings. The second kappa shape index (κ2) is 4.28. The SMILES string of the molecule is CC1CCn2c(C(C)C)nc(CBr)c2C1. The van der Waals surface area contributed by atoms with Gasteiger partial charge in [0, 0.05) is 23.5 Å². The average Bonchev–Trinajstić information content (AvgIpc) is 2.55. The van der Waals surface area contributed by atoms with Crippen LogP contribution >= 0.6 is 15.9 Å². The zero-order valence-corrected chi connectivity index (χ0v) is 11.3. The Balaban J connectivity index is 2.45. The standard InChI is InChI=1S/C12H19BrN2/c1-8(2)12-14-10(7-13)11-6-9(3)4-5-15(11)12/h8-9H,4-7H2,1-3H3. The van der Waals surface area contributed by atoms with Gasteiger partial charge in [-0.1, -0.05) is 36.7 Å². The largest absolute Gasteiger partial charge is 0.331 e. The van der Waals surface area contributed by atoms with Crippen LogP contribution in [0.25, 0.3) is 0 Å². The van der Waals surface area contributed by atoms with E-state index in [0.717, 1.165) is 17.8 Å². The molecule has 1 atom stereocenters. The molecule has 0 saturated carbocycles. The van der Waals surface area contributed by atoms with Crippen LogP contribution in [0.1, 0.15) is 50.3 Å². The van der Waals surface area contributed by atoms with Crippen molar-refractivity contribution in [3.8, 4) is 0 Å². The lowest BCUT2D eigenvalue weighted by Crippen LogP contribution is -2.19. The van der Waals surface area contributed by atoms with E-state index in [0.29, 0.717) is 5.92 Å². The van der Waals surface area contributed by atoms with Crippen LogP contribution in [-0.2, 0) is 18.3 Å². The minimum atomic E-state index is 0.532. The first-order chi connectivity index (χ1) is 7.13. The fourth-order valence-corrected chi connectivity index (χ4v) is 2.81. The molecule has 0 spiro atoms. The fraction of sp³-hybridized carbons (Fsp3) is 0.750. The summed E-state index contributed by atoms with van der Waals surface area (Å²) in [6.45, 7) is 7.95. The Bertz CT molecular complexity index is 355. The van der Waals surface area contributed by atoms with E-state index in [1.165, 1.54) is 30.1 Å². The zero-order chi connectivity index (χ0) is 11.0. The van der Waals surface area contributed by atoms with E-state index >= 15 is 0 Å². The molecule has 0 N–H and O–H groups in total. The van der Waals surface area contributed by atoms with Gasteiger partial charge in [-0.3, -0.25) is 0 Å². The molecule has 0 fully saturated rings. The lowest BCUT2D eigenvalue weighted by molar-refractivity contribution is 0.404. The summed E-state index contributed by atoms with van der Waals surface area (Å²) in [6, 6.07) is 0. The minimum Gasteiger partial charge on any atom is -0.331 e. The third-order valence-corrected chi connectivity index (χ3v) is 3.75. The molecule has 0 saturated heterocycles. The van der Waals surface area contributed by atoms with Crippen molar-refractivity contribution in [3.63, 3.8) is 0 Å². The summed E-state index contributed by atoms with van der Waals surface area (Å²) in [5.74, 6) is 2.61. The van der Waals surface area contributed by atoms with Crippen molar-refractivity contribution in [2.24, 2.45) is 5.92 Å². The number of hydrogen-bond donors (Lipinski definition) is 0. The monoisotopic (exact) mass is 270 g/mol. The highest BCUT2D eigenvalue weighted by molar-refractivity contribution is 9.08. The van der Waals surface area contributed by atoms with E-state index < -0.39 is 0 Å². The zero-order valence-electron chi connectivity index (χ0n) is 9.76. The van der Waals surface area contributed by atoms with Crippen LogP contribution in [0.3, 0.4) is 0 Å². The van der Waals surface area contributed by atoms with Gasteiger partial charge in [0.25, 0.3) is 0 Å². The number of fused-ring (bicyclic) bond motifs is 1. The van der Waals surface area contributed by atoms with E-state index in [1.807, 2.05) is 0 Å². The number of aromatic nitrogens is 2. The summed E-state index contributed by atoms with van der Waals surface area (Å²) in [6.07, 6.45) is 2.49. The van der Waals surface area contributed by atoms with Crippen molar-refractivity contribution in [1.29, 1.82) is 0 Å². The summed E-state index contributed by atoms with van der Waals surface area (Å²) in [4.78, 5) is 4.76. The second-order valence-electron chi connectivity index (χ2n) is 4.90. The first kappa shape index (κ1) is 11.2. The van der Waals surface area contributed by atoms with Crippen molar-refractivity contribution < 1.29 is 0 Å². The summed E-state index contributed by atoms with van der Waals surface area (Å²) >= 11 is 3.54. The molecule has 3 heteroatoms. The van der Waals surface area contributed by atoms with Crippen molar-refractivity contribution in [3.05, 3.63) is 17.2 Å². The molecule has 0 amide bonds. The van der Waals surface area contributed by atoms with Gasteiger partial charge in [-0.25, -0.2) is 4.98 Å². The first-order valence-corrected chi connectivity index (χ1v) is 6.89. The number of halogens is 1. The van der Waals surface area contributed by atoms with Gasteiger partial charge in [-0.15, -0.1) is 0 Å².